The standard InChI is InChI=1S/C14H19ClN2O3/c1-2-16-13(19)7-8-14(20)17-9-12(18)10-3-5-11(15)6-4-10/h3-6,12,18H,2,7-9H2,1H3,(H,16,19)(H,17,20). The van der Waals surface area contributed by atoms with Crippen molar-refractivity contribution < 1.29 is 14.7 Å². The third kappa shape index (κ3) is 6.04. The number of amides is 2. The van der Waals surface area contributed by atoms with Gasteiger partial charge in [-0.05, 0) is 24.6 Å². The maximum Gasteiger partial charge on any atom is 0.220 e. The first-order valence-electron chi connectivity index (χ1n) is 6.50. The Morgan fingerprint density at radius 2 is 1.70 bits per heavy atom. The highest BCUT2D eigenvalue weighted by Crippen LogP contribution is 2.15. The van der Waals surface area contributed by atoms with Crippen LogP contribution in [0.25, 0.3) is 0 Å². The summed E-state index contributed by atoms with van der Waals surface area (Å²) < 4.78 is 0. The molecule has 0 aromatic heterocycles. The van der Waals surface area contributed by atoms with Gasteiger partial charge in [-0.25, -0.2) is 0 Å². The number of halogens is 1. The van der Waals surface area contributed by atoms with E-state index < -0.39 is 6.10 Å². The molecule has 0 aliphatic rings. The van der Waals surface area contributed by atoms with E-state index in [-0.39, 0.29) is 31.2 Å². The Balaban J connectivity index is 2.30. The smallest absolute Gasteiger partial charge is 0.220 e. The summed E-state index contributed by atoms with van der Waals surface area (Å²) in [6, 6.07) is 6.76. The Kier molecular flexibility index (Phi) is 7.04. The van der Waals surface area contributed by atoms with Crippen LogP contribution in [-0.4, -0.2) is 30.0 Å². The number of benzene rings is 1. The average Bonchev–Trinajstić information content (AvgIpc) is 2.43. The number of aliphatic hydroxyl groups excluding tert-OH is 1. The molecule has 1 unspecified atom stereocenters. The molecular weight excluding hydrogens is 280 g/mol. The number of rotatable bonds is 7. The summed E-state index contributed by atoms with van der Waals surface area (Å²) in [5.41, 5.74) is 0.679. The summed E-state index contributed by atoms with van der Waals surface area (Å²) in [7, 11) is 0. The summed E-state index contributed by atoms with van der Waals surface area (Å²) in [5.74, 6) is -0.412. The summed E-state index contributed by atoms with van der Waals surface area (Å²) >= 11 is 5.75. The van der Waals surface area contributed by atoms with Crippen LogP contribution in [0, 0.1) is 0 Å². The topological polar surface area (TPSA) is 78.4 Å². The van der Waals surface area contributed by atoms with Gasteiger partial charge in [-0.1, -0.05) is 23.7 Å². The van der Waals surface area contributed by atoms with Crippen LogP contribution in [-0.2, 0) is 9.59 Å². The fourth-order valence-electron chi connectivity index (χ4n) is 1.61. The first-order chi connectivity index (χ1) is 9.52. The summed E-state index contributed by atoms with van der Waals surface area (Å²) in [6.45, 7) is 2.48. The normalized spacial score (nSPS) is 11.8. The lowest BCUT2D eigenvalue weighted by Crippen LogP contribution is -2.30. The number of hydrogen-bond donors (Lipinski definition) is 3. The molecule has 0 aliphatic carbocycles. The second-order valence-electron chi connectivity index (χ2n) is 4.32. The first kappa shape index (κ1) is 16.5. The van der Waals surface area contributed by atoms with Gasteiger partial charge in [0.2, 0.25) is 11.8 Å². The zero-order valence-corrected chi connectivity index (χ0v) is 12.1. The van der Waals surface area contributed by atoms with Gasteiger partial charge >= 0.3 is 0 Å². The van der Waals surface area contributed by atoms with Gasteiger partial charge in [0.1, 0.15) is 0 Å². The van der Waals surface area contributed by atoms with E-state index in [2.05, 4.69) is 10.6 Å². The molecule has 1 atom stereocenters. The van der Waals surface area contributed by atoms with Crippen LogP contribution < -0.4 is 10.6 Å². The van der Waals surface area contributed by atoms with Gasteiger partial charge < -0.3 is 15.7 Å². The third-order valence-electron chi connectivity index (χ3n) is 2.70. The van der Waals surface area contributed by atoms with Crippen LogP contribution in [0.3, 0.4) is 0 Å². The van der Waals surface area contributed by atoms with E-state index in [4.69, 9.17) is 11.6 Å². The van der Waals surface area contributed by atoms with Crippen molar-refractivity contribution in [3.8, 4) is 0 Å². The highest BCUT2D eigenvalue weighted by molar-refractivity contribution is 6.30. The van der Waals surface area contributed by atoms with Gasteiger partial charge in [0.05, 0.1) is 6.10 Å². The molecular formula is C14H19ClN2O3. The molecule has 1 aromatic carbocycles. The molecule has 1 aromatic rings. The minimum Gasteiger partial charge on any atom is -0.387 e. The van der Waals surface area contributed by atoms with Crippen molar-refractivity contribution in [3.63, 3.8) is 0 Å². The van der Waals surface area contributed by atoms with Gasteiger partial charge in [-0.3, -0.25) is 9.59 Å². The Bertz CT molecular complexity index is 448. The van der Waals surface area contributed by atoms with Crippen LogP contribution in [0.15, 0.2) is 24.3 Å². The van der Waals surface area contributed by atoms with Crippen LogP contribution >= 0.6 is 11.6 Å². The van der Waals surface area contributed by atoms with E-state index >= 15 is 0 Å². The predicted octanol–water partition coefficient (Wildman–Crippen LogP) is 1.41. The van der Waals surface area contributed by atoms with Gasteiger partial charge in [-0.2, -0.15) is 0 Å². The number of hydrogen-bond acceptors (Lipinski definition) is 3. The van der Waals surface area contributed by atoms with Gasteiger partial charge in [0, 0.05) is 31.0 Å². The van der Waals surface area contributed by atoms with Crippen LogP contribution in [0.4, 0.5) is 0 Å². The molecule has 0 spiro atoms. The lowest BCUT2D eigenvalue weighted by Gasteiger charge is -2.12. The van der Waals surface area contributed by atoms with Crippen molar-refractivity contribution >= 4 is 23.4 Å². The molecule has 6 heteroatoms. The predicted molar refractivity (Wildman–Crippen MR) is 77.3 cm³/mol. The molecule has 5 nitrogen and oxygen atoms in total. The third-order valence-corrected chi connectivity index (χ3v) is 2.95. The quantitative estimate of drug-likeness (QED) is 0.712. The maximum absolute atomic E-state index is 11.5. The van der Waals surface area contributed by atoms with Gasteiger partial charge in [0.15, 0.2) is 0 Å². The second kappa shape index (κ2) is 8.55. The summed E-state index contributed by atoms with van der Waals surface area (Å²) in [5, 5.41) is 15.7. The molecule has 0 aliphatic heterocycles. The average molecular weight is 299 g/mol. The molecule has 0 saturated carbocycles. The molecule has 0 saturated heterocycles. The van der Waals surface area contributed by atoms with E-state index in [0.717, 1.165) is 0 Å². The van der Waals surface area contributed by atoms with Crippen molar-refractivity contribution in [1.29, 1.82) is 0 Å². The van der Waals surface area contributed by atoms with E-state index in [0.29, 0.717) is 17.1 Å². The minimum atomic E-state index is -0.791. The van der Waals surface area contributed by atoms with E-state index in [1.54, 1.807) is 24.3 Å². The van der Waals surface area contributed by atoms with Crippen molar-refractivity contribution in [3.05, 3.63) is 34.9 Å². The maximum atomic E-state index is 11.5. The van der Waals surface area contributed by atoms with Crippen LogP contribution in [0.5, 0.6) is 0 Å². The lowest BCUT2D eigenvalue weighted by molar-refractivity contribution is -0.126. The molecule has 0 radical (unpaired) electrons. The highest BCUT2D eigenvalue weighted by atomic mass is 35.5. The van der Waals surface area contributed by atoms with Crippen LogP contribution in [0.2, 0.25) is 5.02 Å². The van der Waals surface area contributed by atoms with Crippen molar-refractivity contribution in [2.75, 3.05) is 13.1 Å². The fraction of sp³-hybridized carbons (Fsp3) is 0.429. The van der Waals surface area contributed by atoms with E-state index in [1.807, 2.05) is 6.92 Å². The Hall–Kier alpha value is -1.59. The summed E-state index contributed by atoms with van der Waals surface area (Å²) in [6.07, 6.45) is -0.531. The minimum absolute atomic E-state index is 0.107. The number of aliphatic hydroxyl groups is 1. The number of nitrogens with one attached hydrogen (secondary N) is 2. The van der Waals surface area contributed by atoms with Crippen LogP contribution in [0.1, 0.15) is 31.4 Å². The molecule has 0 heterocycles. The van der Waals surface area contributed by atoms with E-state index in [1.165, 1.54) is 0 Å². The fourth-order valence-corrected chi connectivity index (χ4v) is 1.74. The number of carbonyl (C=O) groups excluding carboxylic acids is 2. The van der Waals surface area contributed by atoms with Crippen molar-refractivity contribution in [2.45, 2.75) is 25.9 Å². The molecule has 1 rings (SSSR count). The van der Waals surface area contributed by atoms with Gasteiger partial charge in [-0.15, -0.1) is 0 Å². The zero-order valence-electron chi connectivity index (χ0n) is 11.4. The van der Waals surface area contributed by atoms with Gasteiger partial charge in [0.25, 0.3) is 0 Å². The number of carbonyl (C=O) groups is 2. The van der Waals surface area contributed by atoms with Crippen molar-refractivity contribution in [1.82, 2.24) is 10.6 Å². The zero-order chi connectivity index (χ0) is 15.0. The Morgan fingerprint density at radius 1 is 1.15 bits per heavy atom. The molecule has 0 bridgehead atoms. The largest absolute Gasteiger partial charge is 0.387 e. The Labute approximate surface area is 123 Å². The lowest BCUT2D eigenvalue weighted by atomic mass is 10.1. The molecule has 20 heavy (non-hydrogen) atoms. The monoisotopic (exact) mass is 298 g/mol. The summed E-state index contributed by atoms with van der Waals surface area (Å²) in [4.78, 5) is 22.7. The molecule has 3 N–H and O–H groups in total. The molecule has 110 valence electrons. The molecule has 0 fully saturated rings. The Morgan fingerprint density at radius 3 is 2.25 bits per heavy atom. The molecule has 2 amide bonds. The second-order valence-corrected chi connectivity index (χ2v) is 4.76. The first-order valence-corrected chi connectivity index (χ1v) is 6.87. The van der Waals surface area contributed by atoms with E-state index in [9.17, 15) is 14.7 Å². The SMILES string of the molecule is CCNC(=O)CCC(=O)NCC(O)c1ccc(Cl)cc1. The van der Waals surface area contributed by atoms with Crippen molar-refractivity contribution in [2.24, 2.45) is 0 Å². The highest BCUT2D eigenvalue weighted by Gasteiger charge is 2.10.